The van der Waals surface area contributed by atoms with E-state index in [1.807, 2.05) is 5.32 Å². The second-order valence-electron chi connectivity index (χ2n) is 4.34. The van der Waals surface area contributed by atoms with Crippen LogP contribution in [0, 0.1) is 18.7 Å². The van der Waals surface area contributed by atoms with Crippen LogP contribution in [0.5, 0.6) is 0 Å². The van der Waals surface area contributed by atoms with Crippen LogP contribution in [0.2, 0.25) is 0 Å². The van der Waals surface area contributed by atoms with Crippen molar-refractivity contribution in [2.45, 2.75) is 25.3 Å². The molecule has 0 amide bonds. The van der Waals surface area contributed by atoms with Gasteiger partial charge in [0.1, 0.15) is 5.82 Å². The predicted molar refractivity (Wildman–Crippen MR) is 58.5 cm³/mol. The largest absolute Gasteiger partial charge is 0.402 e. The minimum atomic E-state index is -5.46. The second-order valence-corrected chi connectivity index (χ2v) is 4.34. The van der Waals surface area contributed by atoms with E-state index in [9.17, 15) is 30.7 Å². The molecule has 0 aliphatic heterocycles. The highest BCUT2D eigenvalue weighted by atomic mass is 19.4. The minimum absolute atomic E-state index is 0.0224. The molecule has 1 aromatic carbocycles. The van der Waals surface area contributed by atoms with E-state index in [-0.39, 0.29) is 11.1 Å². The molecule has 0 bridgehead atoms. The Balaban J connectivity index is 3.30. The lowest BCUT2D eigenvalue weighted by Gasteiger charge is -2.31. The number of halogens is 7. The summed E-state index contributed by atoms with van der Waals surface area (Å²) in [6.45, 7) is 1.27. The van der Waals surface area contributed by atoms with Crippen LogP contribution in [0.15, 0.2) is 18.2 Å². The van der Waals surface area contributed by atoms with Gasteiger partial charge in [-0.3, -0.25) is 0 Å². The maximum absolute atomic E-state index is 13.1. The molecule has 0 spiro atoms. The average Bonchev–Trinajstić information content (AvgIpc) is 2.26. The van der Waals surface area contributed by atoms with Gasteiger partial charge in [0.2, 0.25) is 0 Å². The van der Waals surface area contributed by atoms with Crippen LogP contribution in [0.3, 0.4) is 0 Å². The highest BCUT2D eigenvalue weighted by molar-refractivity contribution is 5.27. The maximum atomic E-state index is 13.1. The summed E-state index contributed by atoms with van der Waals surface area (Å²) in [5.41, 5.74) is -0.295. The molecular weight excluding hydrogens is 291 g/mol. The van der Waals surface area contributed by atoms with Gasteiger partial charge in [-0.2, -0.15) is 26.3 Å². The summed E-state index contributed by atoms with van der Waals surface area (Å²) in [6, 6.07) is 0.697. The van der Waals surface area contributed by atoms with Crippen molar-refractivity contribution in [2.75, 3.05) is 7.05 Å². The SMILES string of the molecule is CNC(c1ccc(F)c(C)c1)C(C(F)(F)F)C(F)(F)F. The van der Waals surface area contributed by atoms with Crippen LogP contribution in [0.4, 0.5) is 30.7 Å². The molecule has 0 aliphatic rings. The van der Waals surface area contributed by atoms with Gasteiger partial charge in [-0.05, 0) is 31.2 Å². The smallest absolute Gasteiger partial charge is 0.312 e. The average molecular weight is 303 g/mol. The Labute approximate surface area is 110 Å². The fraction of sp³-hybridized carbons (Fsp3) is 0.500. The van der Waals surface area contributed by atoms with Crippen molar-refractivity contribution < 1.29 is 30.7 Å². The highest BCUT2D eigenvalue weighted by Gasteiger charge is 2.60. The first-order valence-electron chi connectivity index (χ1n) is 5.55. The van der Waals surface area contributed by atoms with Crippen molar-refractivity contribution >= 4 is 0 Å². The molecule has 1 rings (SSSR count). The number of hydrogen-bond acceptors (Lipinski definition) is 1. The van der Waals surface area contributed by atoms with E-state index in [1.165, 1.54) is 6.92 Å². The van der Waals surface area contributed by atoms with Gasteiger partial charge in [0.05, 0.1) is 6.04 Å². The number of nitrogens with one attached hydrogen (secondary N) is 1. The predicted octanol–water partition coefficient (Wildman–Crippen LogP) is 4.14. The van der Waals surface area contributed by atoms with Crippen molar-refractivity contribution in [3.63, 3.8) is 0 Å². The molecule has 0 radical (unpaired) electrons. The zero-order valence-electron chi connectivity index (χ0n) is 10.5. The van der Waals surface area contributed by atoms with Gasteiger partial charge < -0.3 is 5.32 Å². The van der Waals surface area contributed by atoms with Gasteiger partial charge >= 0.3 is 12.4 Å². The molecule has 1 unspecified atom stereocenters. The van der Waals surface area contributed by atoms with E-state index < -0.39 is 30.1 Å². The van der Waals surface area contributed by atoms with Crippen molar-refractivity contribution in [1.29, 1.82) is 0 Å². The van der Waals surface area contributed by atoms with Crippen LogP contribution in [0.25, 0.3) is 0 Å². The molecule has 114 valence electrons. The van der Waals surface area contributed by atoms with Gasteiger partial charge in [-0.15, -0.1) is 0 Å². The Kier molecular flexibility index (Phi) is 4.68. The summed E-state index contributed by atoms with van der Waals surface area (Å²) < 4.78 is 89.2. The second kappa shape index (κ2) is 5.59. The quantitative estimate of drug-likeness (QED) is 0.828. The molecule has 0 saturated heterocycles. The number of hydrogen-bond donors (Lipinski definition) is 1. The zero-order valence-corrected chi connectivity index (χ0v) is 10.5. The molecule has 0 aromatic heterocycles. The Morgan fingerprint density at radius 3 is 1.85 bits per heavy atom. The Bertz CT molecular complexity index is 450. The van der Waals surface area contributed by atoms with Gasteiger partial charge in [-0.25, -0.2) is 4.39 Å². The van der Waals surface area contributed by atoms with Gasteiger partial charge in [0.25, 0.3) is 0 Å². The van der Waals surface area contributed by atoms with E-state index in [4.69, 9.17) is 0 Å². The number of alkyl halides is 6. The van der Waals surface area contributed by atoms with E-state index in [2.05, 4.69) is 0 Å². The molecule has 20 heavy (non-hydrogen) atoms. The Morgan fingerprint density at radius 1 is 1.00 bits per heavy atom. The number of aryl methyl sites for hydroxylation is 1. The lowest BCUT2D eigenvalue weighted by atomic mass is 9.91. The van der Waals surface area contributed by atoms with E-state index in [0.717, 1.165) is 25.2 Å². The third-order valence-corrected chi connectivity index (χ3v) is 2.89. The molecule has 1 nitrogen and oxygen atoms in total. The fourth-order valence-corrected chi connectivity index (χ4v) is 1.95. The number of rotatable bonds is 3. The fourth-order valence-electron chi connectivity index (χ4n) is 1.95. The molecule has 1 atom stereocenters. The standard InChI is InChI=1S/C12H12F7N/c1-6-5-7(3-4-8(6)13)9(20-2)10(11(14,15)16)12(17,18)19/h3-5,9-10,20H,1-2H3. The van der Waals surface area contributed by atoms with Crippen molar-refractivity contribution in [2.24, 2.45) is 5.92 Å². The van der Waals surface area contributed by atoms with Crippen molar-refractivity contribution in [1.82, 2.24) is 5.32 Å². The monoisotopic (exact) mass is 303 g/mol. The normalized spacial score (nSPS) is 14.7. The first-order valence-corrected chi connectivity index (χ1v) is 5.55. The molecule has 8 heteroatoms. The summed E-state index contributed by atoms with van der Waals surface area (Å²) in [7, 11) is 0.994. The Morgan fingerprint density at radius 2 is 1.50 bits per heavy atom. The van der Waals surface area contributed by atoms with Gasteiger partial charge in [0, 0.05) is 0 Å². The molecule has 1 aromatic rings. The van der Waals surface area contributed by atoms with Crippen molar-refractivity contribution in [3.05, 3.63) is 35.1 Å². The molecule has 0 aliphatic carbocycles. The summed E-state index contributed by atoms with van der Waals surface area (Å²) in [4.78, 5) is 0. The van der Waals surface area contributed by atoms with Crippen LogP contribution in [0.1, 0.15) is 17.2 Å². The molecule has 0 saturated carbocycles. The van der Waals surface area contributed by atoms with E-state index in [1.54, 1.807) is 0 Å². The van der Waals surface area contributed by atoms with Crippen LogP contribution in [-0.2, 0) is 0 Å². The minimum Gasteiger partial charge on any atom is -0.312 e. The maximum Gasteiger partial charge on any atom is 0.402 e. The summed E-state index contributed by atoms with van der Waals surface area (Å²) in [5.74, 6) is -4.26. The summed E-state index contributed by atoms with van der Waals surface area (Å²) in [5, 5.41) is 2.02. The van der Waals surface area contributed by atoms with Gasteiger partial charge in [0.15, 0.2) is 5.92 Å². The van der Waals surface area contributed by atoms with E-state index in [0.29, 0.717) is 0 Å². The lowest BCUT2D eigenvalue weighted by Crippen LogP contribution is -2.45. The molecule has 0 heterocycles. The molecule has 1 N–H and O–H groups in total. The van der Waals surface area contributed by atoms with Gasteiger partial charge in [-0.1, -0.05) is 12.1 Å². The topological polar surface area (TPSA) is 12.0 Å². The highest BCUT2D eigenvalue weighted by Crippen LogP contribution is 2.46. The Hall–Kier alpha value is -1.31. The van der Waals surface area contributed by atoms with Crippen LogP contribution < -0.4 is 5.32 Å². The first-order chi connectivity index (χ1) is 8.98. The van der Waals surface area contributed by atoms with Crippen molar-refractivity contribution in [3.8, 4) is 0 Å². The number of benzene rings is 1. The molecular formula is C12H12F7N. The van der Waals surface area contributed by atoms with E-state index >= 15 is 0 Å². The lowest BCUT2D eigenvalue weighted by molar-refractivity contribution is -0.292. The third-order valence-electron chi connectivity index (χ3n) is 2.89. The zero-order chi connectivity index (χ0) is 15.7. The third kappa shape index (κ3) is 3.62. The summed E-state index contributed by atoms with van der Waals surface area (Å²) in [6.07, 6.45) is -10.9. The van der Waals surface area contributed by atoms with Crippen LogP contribution >= 0.6 is 0 Å². The van der Waals surface area contributed by atoms with Crippen LogP contribution in [-0.4, -0.2) is 19.4 Å². The molecule has 0 fully saturated rings. The first kappa shape index (κ1) is 16.7. The summed E-state index contributed by atoms with van der Waals surface area (Å²) >= 11 is 0.